The van der Waals surface area contributed by atoms with E-state index in [-0.39, 0.29) is 5.56 Å². The summed E-state index contributed by atoms with van der Waals surface area (Å²) in [6, 6.07) is 8.40. The Bertz CT molecular complexity index is 833. The molecule has 0 bridgehead atoms. The van der Waals surface area contributed by atoms with Gasteiger partial charge in [0.2, 0.25) is 11.4 Å². The molecule has 7 heteroatoms. The summed E-state index contributed by atoms with van der Waals surface area (Å²) < 4.78 is 15.9. The molecule has 7 nitrogen and oxygen atoms in total. The lowest BCUT2D eigenvalue weighted by Gasteiger charge is -2.09. The highest BCUT2D eigenvalue weighted by Crippen LogP contribution is 2.37. The maximum absolute atomic E-state index is 11.1. The van der Waals surface area contributed by atoms with Crippen LogP contribution < -0.4 is 15.0 Å². The fourth-order valence-electron chi connectivity index (χ4n) is 2.06. The minimum atomic E-state index is -0.193. The number of nitrogens with zero attached hydrogens (tertiary/aromatic N) is 2. The Labute approximate surface area is 125 Å². The number of nitrogens with one attached hydrogen (secondary N) is 1. The van der Waals surface area contributed by atoms with Crippen molar-refractivity contribution in [3.05, 3.63) is 46.9 Å². The Hall–Kier alpha value is -3.09. The fourth-order valence-corrected chi connectivity index (χ4v) is 2.06. The van der Waals surface area contributed by atoms with Crippen LogP contribution in [0.2, 0.25) is 0 Å². The van der Waals surface area contributed by atoms with E-state index >= 15 is 0 Å². The van der Waals surface area contributed by atoms with Gasteiger partial charge in [0.1, 0.15) is 0 Å². The van der Waals surface area contributed by atoms with E-state index in [1.165, 1.54) is 12.3 Å². The number of hydrogen-bond donors (Lipinski definition) is 1. The van der Waals surface area contributed by atoms with Crippen molar-refractivity contribution in [3.63, 3.8) is 0 Å². The molecule has 22 heavy (non-hydrogen) atoms. The summed E-state index contributed by atoms with van der Waals surface area (Å²) in [4.78, 5) is 18.0. The minimum absolute atomic E-state index is 0.193. The lowest BCUT2D eigenvalue weighted by atomic mass is 10.2. The second-order valence-electron chi connectivity index (χ2n) is 4.41. The second kappa shape index (κ2) is 5.72. The molecule has 0 saturated heterocycles. The first kappa shape index (κ1) is 13.9. The number of H-pyrrole nitrogens is 1. The number of hydrogen-bond acceptors (Lipinski definition) is 6. The van der Waals surface area contributed by atoms with Gasteiger partial charge in [-0.05, 0) is 18.2 Å². The van der Waals surface area contributed by atoms with Crippen LogP contribution in [0.1, 0.15) is 0 Å². The predicted molar refractivity (Wildman–Crippen MR) is 78.9 cm³/mol. The van der Waals surface area contributed by atoms with Gasteiger partial charge in [-0.25, -0.2) is 0 Å². The first-order chi connectivity index (χ1) is 10.7. The molecule has 1 N–H and O–H groups in total. The average Bonchev–Trinajstić information content (AvgIpc) is 3.04. The molecule has 112 valence electrons. The number of pyridine rings is 1. The van der Waals surface area contributed by atoms with Crippen LogP contribution in [0.4, 0.5) is 0 Å². The monoisotopic (exact) mass is 299 g/mol. The second-order valence-corrected chi connectivity index (χ2v) is 4.41. The Kier molecular flexibility index (Phi) is 3.61. The SMILES string of the molecule is COc1cccc(-c2nc(-c3ccc(=O)[nH]c3)no2)c1OC. The minimum Gasteiger partial charge on any atom is -0.493 e. The number of aromatic nitrogens is 3. The summed E-state index contributed by atoms with van der Waals surface area (Å²) in [7, 11) is 3.10. The van der Waals surface area contributed by atoms with Gasteiger partial charge in [-0.2, -0.15) is 4.98 Å². The zero-order valence-electron chi connectivity index (χ0n) is 12.0. The van der Waals surface area contributed by atoms with E-state index in [0.29, 0.717) is 34.3 Å². The number of aromatic amines is 1. The number of methoxy groups -OCH3 is 2. The Balaban J connectivity index is 2.04. The van der Waals surface area contributed by atoms with Gasteiger partial charge < -0.3 is 19.0 Å². The topological polar surface area (TPSA) is 90.2 Å². The van der Waals surface area contributed by atoms with Crippen molar-refractivity contribution >= 4 is 0 Å². The lowest BCUT2D eigenvalue weighted by molar-refractivity contribution is 0.353. The summed E-state index contributed by atoms with van der Waals surface area (Å²) in [5, 5.41) is 3.92. The van der Waals surface area contributed by atoms with Crippen LogP contribution in [0.25, 0.3) is 22.8 Å². The summed E-state index contributed by atoms with van der Waals surface area (Å²) in [5.41, 5.74) is 1.09. The van der Waals surface area contributed by atoms with Gasteiger partial charge in [-0.1, -0.05) is 11.2 Å². The highest BCUT2D eigenvalue weighted by atomic mass is 16.5. The van der Waals surface area contributed by atoms with E-state index in [9.17, 15) is 4.79 Å². The summed E-state index contributed by atoms with van der Waals surface area (Å²) >= 11 is 0. The van der Waals surface area contributed by atoms with E-state index < -0.39 is 0 Å². The third kappa shape index (κ3) is 2.44. The van der Waals surface area contributed by atoms with E-state index in [2.05, 4.69) is 15.1 Å². The molecule has 3 aromatic rings. The molecule has 0 amide bonds. The van der Waals surface area contributed by atoms with Crippen molar-refractivity contribution in [1.82, 2.24) is 15.1 Å². The largest absolute Gasteiger partial charge is 0.493 e. The van der Waals surface area contributed by atoms with E-state index in [0.717, 1.165) is 0 Å². The van der Waals surface area contributed by atoms with Crippen molar-refractivity contribution in [2.75, 3.05) is 14.2 Å². The maximum Gasteiger partial charge on any atom is 0.262 e. The quantitative estimate of drug-likeness (QED) is 0.793. The van der Waals surface area contributed by atoms with Crippen LogP contribution in [0.3, 0.4) is 0 Å². The molecule has 0 aliphatic carbocycles. The van der Waals surface area contributed by atoms with Gasteiger partial charge in [0, 0.05) is 17.8 Å². The number of para-hydroxylation sites is 1. The van der Waals surface area contributed by atoms with Crippen molar-refractivity contribution < 1.29 is 14.0 Å². The van der Waals surface area contributed by atoms with Crippen LogP contribution in [0.5, 0.6) is 11.5 Å². The molecule has 0 unspecified atom stereocenters. The van der Waals surface area contributed by atoms with Gasteiger partial charge in [0.05, 0.1) is 19.8 Å². The molecule has 1 aromatic carbocycles. The molecule has 0 saturated carbocycles. The van der Waals surface area contributed by atoms with E-state index in [4.69, 9.17) is 14.0 Å². The molecule has 0 aliphatic rings. The average molecular weight is 299 g/mol. The van der Waals surface area contributed by atoms with Gasteiger partial charge >= 0.3 is 0 Å². The maximum atomic E-state index is 11.1. The van der Waals surface area contributed by atoms with Crippen molar-refractivity contribution in [2.45, 2.75) is 0 Å². The third-order valence-electron chi connectivity index (χ3n) is 3.10. The first-order valence-electron chi connectivity index (χ1n) is 6.47. The Morgan fingerprint density at radius 1 is 1.14 bits per heavy atom. The van der Waals surface area contributed by atoms with Crippen molar-refractivity contribution in [3.8, 4) is 34.3 Å². The lowest BCUT2D eigenvalue weighted by Crippen LogP contribution is -2.01. The van der Waals surface area contributed by atoms with Crippen LogP contribution >= 0.6 is 0 Å². The first-order valence-corrected chi connectivity index (χ1v) is 6.47. The van der Waals surface area contributed by atoms with Crippen molar-refractivity contribution in [1.29, 1.82) is 0 Å². The van der Waals surface area contributed by atoms with Crippen LogP contribution in [-0.2, 0) is 0 Å². The number of ether oxygens (including phenoxy) is 2. The molecule has 0 radical (unpaired) electrons. The van der Waals surface area contributed by atoms with Gasteiger partial charge in [-0.15, -0.1) is 0 Å². The van der Waals surface area contributed by atoms with Crippen LogP contribution in [0, 0.1) is 0 Å². The van der Waals surface area contributed by atoms with Gasteiger partial charge in [-0.3, -0.25) is 4.79 Å². The third-order valence-corrected chi connectivity index (χ3v) is 3.10. The molecule has 0 fully saturated rings. The van der Waals surface area contributed by atoms with Crippen LogP contribution in [0.15, 0.2) is 45.8 Å². The fraction of sp³-hybridized carbons (Fsp3) is 0.133. The number of rotatable bonds is 4. The summed E-state index contributed by atoms with van der Waals surface area (Å²) in [6.07, 6.45) is 1.53. The molecular weight excluding hydrogens is 286 g/mol. The molecule has 0 spiro atoms. The van der Waals surface area contributed by atoms with E-state index in [1.807, 2.05) is 0 Å². The standard InChI is InChI=1S/C15H13N3O4/c1-20-11-5-3-4-10(13(11)21-2)15-17-14(18-22-15)9-6-7-12(19)16-8-9/h3-8H,1-2H3,(H,16,19). The molecule has 2 heterocycles. The zero-order chi connectivity index (χ0) is 15.5. The Morgan fingerprint density at radius 2 is 2.00 bits per heavy atom. The molecule has 3 rings (SSSR count). The predicted octanol–water partition coefficient (Wildman–Crippen LogP) is 2.11. The Morgan fingerprint density at radius 3 is 2.68 bits per heavy atom. The van der Waals surface area contributed by atoms with Gasteiger partial charge in [0.15, 0.2) is 11.5 Å². The molecular formula is C15H13N3O4. The highest BCUT2D eigenvalue weighted by molar-refractivity contribution is 5.69. The van der Waals surface area contributed by atoms with Crippen LogP contribution in [-0.4, -0.2) is 29.3 Å². The smallest absolute Gasteiger partial charge is 0.262 e. The number of benzene rings is 1. The molecule has 0 atom stereocenters. The summed E-state index contributed by atoms with van der Waals surface area (Å²) in [5.74, 6) is 1.76. The molecule has 0 aliphatic heterocycles. The highest BCUT2D eigenvalue weighted by Gasteiger charge is 2.17. The molecule has 2 aromatic heterocycles. The van der Waals surface area contributed by atoms with Gasteiger partial charge in [0.25, 0.3) is 5.89 Å². The van der Waals surface area contributed by atoms with Crippen molar-refractivity contribution in [2.24, 2.45) is 0 Å². The zero-order valence-corrected chi connectivity index (χ0v) is 12.0. The normalized spacial score (nSPS) is 10.5. The van der Waals surface area contributed by atoms with E-state index in [1.54, 1.807) is 38.5 Å². The summed E-state index contributed by atoms with van der Waals surface area (Å²) in [6.45, 7) is 0.